The standard InChI is InChI=1S/C15H24N2O2/c1-2-3-4-5-6-7-8-12-13(15(18)19)9-11(16)10-14(12)17/h9-10H,2-8,16-17H2,1H3,(H,18,19). The van der Waals surface area contributed by atoms with Crippen molar-refractivity contribution in [2.75, 3.05) is 11.5 Å². The van der Waals surface area contributed by atoms with Crippen molar-refractivity contribution in [2.45, 2.75) is 51.9 Å². The van der Waals surface area contributed by atoms with Gasteiger partial charge in [-0.25, -0.2) is 4.79 Å². The van der Waals surface area contributed by atoms with E-state index in [1.807, 2.05) is 0 Å². The van der Waals surface area contributed by atoms with Crippen molar-refractivity contribution in [1.29, 1.82) is 0 Å². The van der Waals surface area contributed by atoms with Gasteiger partial charge >= 0.3 is 5.97 Å². The number of rotatable bonds is 8. The summed E-state index contributed by atoms with van der Waals surface area (Å²) in [5, 5.41) is 9.18. The number of nitrogens with two attached hydrogens (primary N) is 2. The van der Waals surface area contributed by atoms with Crippen molar-refractivity contribution < 1.29 is 9.90 Å². The minimum absolute atomic E-state index is 0.242. The first kappa shape index (κ1) is 15.3. The van der Waals surface area contributed by atoms with Crippen molar-refractivity contribution in [3.05, 3.63) is 23.3 Å². The lowest BCUT2D eigenvalue weighted by atomic mass is 9.98. The predicted octanol–water partition coefficient (Wildman–Crippen LogP) is 3.45. The minimum atomic E-state index is -0.958. The Hall–Kier alpha value is -1.71. The van der Waals surface area contributed by atoms with Crippen LogP contribution >= 0.6 is 0 Å². The van der Waals surface area contributed by atoms with Crippen LogP contribution < -0.4 is 11.5 Å². The van der Waals surface area contributed by atoms with Crippen molar-refractivity contribution in [3.63, 3.8) is 0 Å². The summed E-state index contributed by atoms with van der Waals surface area (Å²) in [7, 11) is 0. The lowest BCUT2D eigenvalue weighted by Crippen LogP contribution is -2.07. The van der Waals surface area contributed by atoms with Gasteiger partial charge in [-0.3, -0.25) is 0 Å². The predicted molar refractivity (Wildman–Crippen MR) is 79.3 cm³/mol. The van der Waals surface area contributed by atoms with Crippen LogP contribution in [0.4, 0.5) is 11.4 Å². The Labute approximate surface area is 114 Å². The van der Waals surface area contributed by atoms with Gasteiger partial charge in [-0.05, 0) is 30.5 Å². The summed E-state index contributed by atoms with van der Waals surface area (Å²) in [6, 6.07) is 3.13. The third-order valence-electron chi connectivity index (χ3n) is 3.32. The molecule has 0 amide bonds. The highest BCUT2D eigenvalue weighted by atomic mass is 16.4. The van der Waals surface area contributed by atoms with E-state index >= 15 is 0 Å². The van der Waals surface area contributed by atoms with Crippen molar-refractivity contribution in [1.82, 2.24) is 0 Å². The molecule has 1 aromatic carbocycles. The third kappa shape index (κ3) is 4.81. The van der Waals surface area contributed by atoms with Crippen LogP contribution in [0.15, 0.2) is 12.1 Å². The molecule has 4 nitrogen and oxygen atoms in total. The van der Waals surface area contributed by atoms with Crippen LogP contribution in [-0.2, 0) is 6.42 Å². The lowest BCUT2D eigenvalue weighted by Gasteiger charge is -2.11. The summed E-state index contributed by atoms with van der Waals surface area (Å²) in [6.45, 7) is 2.19. The minimum Gasteiger partial charge on any atom is -0.478 e. The molecule has 5 N–H and O–H groups in total. The van der Waals surface area contributed by atoms with E-state index in [1.165, 1.54) is 31.7 Å². The highest BCUT2D eigenvalue weighted by Gasteiger charge is 2.13. The molecule has 106 valence electrons. The van der Waals surface area contributed by atoms with Crippen molar-refractivity contribution in [3.8, 4) is 0 Å². The van der Waals surface area contributed by atoms with Crippen LogP contribution in [0, 0.1) is 0 Å². The van der Waals surface area contributed by atoms with Gasteiger partial charge in [0.2, 0.25) is 0 Å². The second kappa shape index (κ2) is 7.67. The van der Waals surface area contributed by atoms with E-state index in [4.69, 9.17) is 11.5 Å². The zero-order valence-corrected chi connectivity index (χ0v) is 11.6. The van der Waals surface area contributed by atoms with Crippen LogP contribution in [0.25, 0.3) is 0 Å². The first-order valence-corrected chi connectivity index (χ1v) is 6.97. The molecule has 1 aromatic rings. The number of carboxylic acid groups (broad SMARTS) is 1. The number of carboxylic acids is 1. The fourth-order valence-corrected chi connectivity index (χ4v) is 2.27. The Balaban J connectivity index is 2.59. The van der Waals surface area contributed by atoms with E-state index in [0.717, 1.165) is 18.4 Å². The molecule has 0 aliphatic carbocycles. The molecule has 0 saturated carbocycles. The molecule has 1 rings (SSSR count). The van der Waals surface area contributed by atoms with Gasteiger partial charge in [-0.15, -0.1) is 0 Å². The molecule has 0 bridgehead atoms. The molecule has 0 spiro atoms. The van der Waals surface area contributed by atoms with Gasteiger partial charge in [0.05, 0.1) is 5.56 Å². The van der Waals surface area contributed by atoms with E-state index in [-0.39, 0.29) is 5.56 Å². The number of hydrogen-bond donors (Lipinski definition) is 3. The van der Waals surface area contributed by atoms with Gasteiger partial charge in [-0.2, -0.15) is 0 Å². The number of hydrogen-bond acceptors (Lipinski definition) is 3. The molecule has 0 fully saturated rings. The Morgan fingerprint density at radius 3 is 2.37 bits per heavy atom. The quantitative estimate of drug-likeness (QED) is 0.495. The summed E-state index contributed by atoms with van der Waals surface area (Å²) in [5.41, 5.74) is 13.4. The van der Waals surface area contributed by atoms with E-state index in [0.29, 0.717) is 17.8 Å². The summed E-state index contributed by atoms with van der Waals surface area (Å²) >= 11 is 0. The topological polar surface area (TPSA) is 89.3 Å². The molecule has 0 saturated heterocycles. The fraction of sp³-hybridized carbons (Fsp3) is 0.533. The molecule has 0 aliphatic heterocycles. The number of benzene rings is 1. The number of nitrogen functional groups attached to an aromatic ring is 2. The summed E-state index contributed by atoms with van der Waals surface area (Å²) < 4.78 is 0. The Bertz CT molecular complexity index is 430. The van der Waals surface area contributed by atoms with Crippen LogP contribution in [0.2, 0.25) is 0 Å². The monoisotopic (exact) mass is 264 g/mol. The zero-order valence-electron chi connectivity index (χ0n) is 11.6. The van der Waals surface area contributed by atoms with Crippen molar-refractivity contribution >= 4 is 17.3 Å². The van der Waals surface area contributed by atoms with E-state index in [1.54, 1.807) is 6.07 Å². The number of carbonyl (C=O) groups is 1. The maximum Gasteiger partial charge on any atom is 0.336 e. The number of aromatic carboxylic acids is 1. The van der Waals surface area contributed by atoms with Gasteiger partial charge in [0, 0.05) is 11.4 Å². The third-order valence-corrected chi connectivity index (χ3v) is 3.32. The van der Waals surface area contributed by atoms with Crippen LogP contribution in [0.1, 0.15) is 61.4 Å². The second-order valence-corrected chi connectivity index (χ2v) is 4.96. The highest BCUT2D eigenvalue weighted by molar-refractivity contribution is 5.92. The SMILES string of the molecule is CCCCCCCCc1c(N)cc(N)cc1C(=O)O. The Morgan fingerprint density at radius 2 is 1.74 bits per heavy atom. The van der Waals surface area contributed by atoms with E-state index in [9.17, 15) is 9.90 Å². The van der Waals surface area contributed by atoms with Crippen LogP contribution in [0.5, 0.6) is 0 Å². The van der Waals surface area contributed by atoms with Gasteiger partial charge in [-0.1, -0.05) is 39.0 Å². The molecular weight excluding hydrogens is 240 g/mol. The average molecular weight is 264 g/mol. The first-order valence-electron chi connectivity index (χ1n) is 6.97. The van der Waals surface area contributed by atoms with Gasteiger partial charge in [0.15, 0.2) is 0 Å². The molecular formula is C15H24N2O2. The van der Waals surface area contributed by atoms with E-state index < -0.39 is 5.97 Å². The van der Waals surface area contributed by atoms with Crippen LogP contribution in [-0.4, -0.2) is 11.1 Å². The second-order valence-electron chi connectivity index (χ2n) is 4.96. The lowest BCUT2D eigenvalue weighted by molar-refractivity contribution is 0.0695. The van der Waals surface area contributed by atoms with Gasteiger partial charge in [0.25, 0.3) is 0 Å². The average Bonchev–Trinajstić information content (AvgIpc) is 2.34. The molecule has 0 radical (unpaired) electrons. The van der Waals surface area contributed by atoms with Crippen molar-refractivity contribution in [2.24, 2.45) is 0 Å². The zero-order chi connectivity index (χ0) is 14.3. The highest BCUT2D eigenvalue weighted by Crippen LogP contribution is 2.24. The number of unbranched alkanes of at least 4 members (excludes halogenated alkanes) is 5. The Kier molecular flexibility index (Phi) is 6.19. The molecule has 0 aliphatic rings. The van der Waals surface area contributed by atoms with Gasteiger partial charge in [0.1, 0.15) is 0 Å². The smallest absolute Gasteiger partial charge is 0.336 e. The van der Waals surface area contributed by atoms with Gasteiger partial charge < -0.3 is 16.6 Å². The maximum atomic E-state index is 11.2. The van der Waals surface area contributed by atoms with E-state index in [2.05, 4.69) is 6.92 Å². The number of anilines is 2. The summed E-state index contributed by atoms with van der Waals surface area (Å²) in [5.74, 6) is -0.958. The molecule has 19 heavy (non-hydrogen) atoms. The summed E-state index contributed by atoms with van der Waals surface area (Å²) in [6.07, 6.45) is 7.74. The largest absolute Gasteiger partial charge is 0.478 e. The fourth-order valence-electron chi connectivity index (χ4n) is 2.27. The molecule has 4 heteroatoms. The maximum absolute atomic E-state index is 11.2. The normalized spacial score (nSPS) is 10.6. The first-order chi connectivity index (χ1) is 9.06. The summed E-state index contributed by atoms with van der Waals surface area (Å²) in [4.78, 5) is 11.2. The Morgan fingerprint density at radius 1 is 1.11 bits per heavy atom. The molecule has 0 atom stereocenters. The molecule has 0 aromatic heterocycles. The molecule has 0 unspecified atom stereocenters. The molecule has 0 heterocycles. The van der Waals surface area contributed by atoms with Crippen LogP contribution in [0.3, 0.4) is 0 Å².